The number of H-pyrrole nitrogens is 1. The first kappa shape index (κ1) is 9.50. The zero-order valence-electron chi connectivity index (χ0n) is 8.99. The van der Waals surface area contributed by atoms with Crippen LogP contribution in [0.5, 0.6) is 0 Å². The van der Waals surface area contributed by atoms with Gasteiger partial charge in [0.25, 0.3) is 5.56 Å². The molecule has 1 aliphatic carbocycles. The van der Waals surface area contributed by atoms with Gasteiger partial charge in [0, 0.05) is 6.04 Å². The molecule has 0 amide bonds. The molecule has 6 nitrogen and oxygen atoms in total. The number of nitrogen functional groups attached to an aromatic ring is 1. The van der Waals surface area contributed by atoms with E-state index in [0.717, 1.165) is 0 Å². The Hall–Kier alpha value is -1.72. The van der Waals surface area contributed by atoms with E-state index in [1.165, 1.54) is 25.7 Å². The second-order valence-electron chi connectivity index (χ2n) is 4.39. The molecule has 3 rings (SSSR count). The number of nitrogens with zero attached hydrogens (tertiary/aromatic N) is 2. The van der Waals surface area contributed by atoms with E-state index >= 15 is 0 Å². The zero-order valence-corrected chi connectivity index (χ0v) is 8.99. The van der Waals surface area contributed by atoms with Crippen molar-refractivity contribution >= 4 is 17.5 Å². The van der Waals surface area contributed by atoms with Gasteiger partial charge in [0.05, 0.1) is 6.67 Å². The van der Waals surface area contributed by atoms with E-state index in [2.05, 4.69) is 20.2 Å². The molecule has 0 aromatic carbocycles. The minimum Gasteiger partial charge on any atom is -0.369 e. The number of rotatable bonds is 1. The number of hydrogen-bond acceptors (Lipinski definition) is 5. The summed E-state index contributed by atoms with van der Waals surface area (Å²) in [7, 11) is 0. The third kappa shape index (κ3) is 1.33. The molecule has 1 aliphatic heterocycles. The maximum atomic E-state index is 11.6. The van der Waals surface area contributed by atoms with Crippen molar-refractivity contribution in [2.45, 2.75) is 31.7 Å². The SMILES string of the molecule is Nc1nc2c(c(=O)[nH]1)NCN2C1CCCC1. The molecule has 1 aromatic heterocycles. The predicted octanol–water partition coefficient (Wildman–Crippen LogP) is 0.484. The van der Waals surface area contributed by atoms with Crippen LogP contribution in [0.1, 0.15) is 25.7 Å². The van der Waals surface area contributed by atoms with Crippen molar-refractivity contribution in [1.29, 1.82) is 0 Å². The summed E-state index contributed by atoms with van der Waals surface area (Å²) in [6.07, 6.45) is 4.87. The van der Waals surface area contributed by atoms with Crippen LogP contribution in [0.15, 0.2) is 4.79 Å². The minimum absolute atomic E-state index is 0.178. The fraction of sp³-hybridized carbons (Fsp3) is 0.600. The molecule has 2 heterocycles. The number of aromatic amines is 1. The molecule has 2 aliphatic rings. The van der Waals surface area contributed by atoms with E-state index in [4.69, 9.17) is 5.73 Å². The van der Waals surface area contributed by atoms with E-state index in [1.807, 2.05) is 0 Å². The van der Waals surface area contributed by atoms with Gasteiger partial charge in [-0.3, -0.25) is 9.78 Å². The quantitative estimate of drug-likeness (QED) is 0.642. The molecule has 6 heteroatoms. The smallest absolute Gasteiger partial charge is 0.277 e. The van der Waals surface area contributed by atoms with Crippen LogP contribution in [0.2, 0.25) is 0 Å². The summed E-state index contributed by atoms with van der Waals surface area (Å²) < 4.78 is 0. The van der Waals surface area contributed by atoms with Crippen LogP contribution in [-0.4, -0.2) is 22.7 Å². The first-order valence-electron chi connectivity index (χ1n) is 5.66. The van der Waals surface area contributed by atoms with Crippen molar-refractivity contribution in [3.05, 3.63) is 10.4 Å². The highest BCUT2D eigenvalue weighted by atomic mass is 16.1. The largest absolute Gasteiger partial charge is 0.369 e. The molecule has 0 radical (unpaired) electrons. The average Bonchev–Trinajstić information content (AvgIpc) is 2.83. The van der Waals surface area contributed by atoms with Crippen molar-refractivity contribution in [3.63, 3.8) is 0 Å². The number of anilines is 3. The highest BCUT2D eigenvalue weighted by Crippen LogP contribution is 2.33. The van der Waals surface area contributed by atoms with E-state index in [1.54, 1.807) is 0 Å². The summed E-state index contributed by atoms with van der Waals surface area (Å²) in [6.45, 7) is 0.666. The number of fused-ring (bicyclic) bond motifs is 1. The van der Waals surface area contributed by atoms with Crippen LogP contribution in [0.25, 0.3) is 0 Å². The number of hydrogen-bond donors (Lipinski definition) is 3. The lowest BCUT2D eigenvalue weighted by Gasteiger charge is -2.24. The van der Waals surface area contributed by atoms with Crippen molar-refractivity contribution in [2.75, 3.05) is 22.6 Å². The summed E-state index contributed by atoms with van der Waals surface area (Å²) in [5, 5.41) is 3.09. The molecule has 0 spiro atoms. The summed E-state index contributed by atoms with van der Waals surface area (Å²) >= 11 is 0. The molecule has 0 atom stereocenters. The highest BCUT2D eigenvalue weighted by molar-refractivity contribution is 5.71. The lowest BCUT2D eigenvalue weighted by atomic mass is 10.2. The van der Waals surface area contributed by atoms with Gasteiger partial charge in [-0.2, -0.15) is 4.98 Å². The molecule has 1 aromatic rings. The Labute approximate surface area is 92.9 Å². The van der Waals surface area contributed by atoms with Gasteiger partial charge in [-0.25, -0.2) is 0 Å². The van der Waals surface area contributed by atoms with Crippen LogP contribution in [0.3, 0.4) is 0 Å². The van der Waals surface area contributed by atoms with Gasteiger partial charge in [-0.05, 0) is 12.8 Å². The average molecular weight is 221 g/mol. The second-order valence-corrected chi connectivity index (χ2v) is 4.39. The van der Waals surface area contributed by atoms with Gasteiger partial charge < -0.3 is 16.0 Å². The van der Waals surface area contributed by atoms with E-state index in [-0.39, 0.29) is 11.5 Å². The Morgan fingerprint density at radius 3 is 2.88 bits per heavy atom. The van der Waals surface area contributed by atoms with Crippen LogP contribution in [-0.2, 0) is 0 Å². The minimum atomic E-state index is -0.178. The van der Waals surface area contributed by atoms with Crippen molar-refractivity contribution in [2.24, 2.45) is 0 Å². The summed E-state index contributed by atoms with van der Waals surface area (Å²) in [6, 6.07) is 0.502. The molecular formula is C10H15N5O. The number of nitrogens with one attached hydrogen (secondary N) is 2. The monoisotopic (exact) mass is 221 g/mol. The fourth-order valence-electron chi connectivity index (χ4n) is 2.60. The van der Waals surface area contributed by atoms with Crippen LogP contribution in [0.4, 0.5) is 17.5 Å². The van der Waals surface area contributed by atoms with E-state index in [9.17, 15) is 4.79 Å². The van der Waals surface area contributed by atoms with Crippen LogP contribution < -0.4 is 21.5 Å². The van der Waals surface area contributed by atoms with Gasteiger partial charge in [0.1, 0.15) is 5.69 Å². The number of nitrogens with two attached hydrogens (primary N) is 1. The van der Waals surface area contributed by atoms with Crippen molar-refractivity contribution in [1.82, 2.24) is 9.97 Å². The summed E-state index contributed by atoms with van der Waals surface area (Å²) in [5.74, 6) is 0.906. The Kier molecular flexibility index (Phi) is 2.02. The molecule has 0 bridgehead atoms. The number of aromatic nitrogens is 2. The maximum Gasteiger partial charge on any atom is 0.277 e. The van der Waals surface area contributed by atoms with Crippen molar-refractivity contribution < 1.29 is 0 Å². The van der Waals surface area contributed by atoms with E-state index in [0.29, 0.717) is 24.2 Å². The van der Waals surface area contributed by atoms with Gasteiger partial charge in [0.15, 0.2) is 5.82 Å². The van der Waals surface area contributed by atoms with Gasteiger partial charge >= 0.3 is 0 Å². The van der Waals surface area contributed by atoms with Gasteiger partial charge in [-0.15, -0.1) is 0 Å². The van der Waals surface area contributed by atoms with E-state index < -0.39 is 0 Å². The normalized spacial score (nSPS) is 19.9. The predicted molar refractivity (Wildman–Crippen MR) is 62.5 cm³/mol. The summed E-state index contributed by atoms with van der Waals surface area (Å²) in [5.41, 5.74) is 5.95. The molecule has 1 saturated carbocycles. The Morgan fingerprint density at radius 2 is 2.12 bits per heavy atom. The molecule has 0 saturated heterocycles. The second kappa shape index (κ2) is 3.40. The van der Waals surface area contributed by atoms with Crippen LogP contribution >= 0.6 is 0 Å². The first-order valence-corrected chi connectivity index (χ1v) is 5.66. The third-order valence-electron chi connectivity index (χ3n) is 3.38. The Balaban J connectivity index is 2.01. The maximum absolute atomic E-state index is 11.6. The van der Waals surface area contributed by atoms with Crippen LogP contribution in [0, 0.1) is 0 Å². The molecule has 0 unspecified atom stereocenters. The molecule has 16 heavy (non-hydrogen) atoms. The molecule has 1 fully saturated rings. The standard InChI is InChI=1S/C10H15N5O/c11-10-13-8-7(9(16)14-10)12-5-15(8)6-3-1-2-4-6/h6,12H,1-5H2,(H3,11,13,14,16). The lowest BCUT2D eigenvalue weighted by molar-refractivity contribution is 0.629. The highest BCUT2D eigenvalue weighted by Gasteiger charge is 2.31. The Morgan fingerprint density at radius 1 is 1.38 bits per heavy atom. The topological polar surface area (TPSA) is 87.0 Å². The summed E-state index contributed by atoms with van der Waals surface area (Å²) in [4.78, 5) is 20.5. The molecule has 86 valence electrons. The van der Waals surface area contributed by atoms with Crippen molar-refractivity contribution in [3.8, 4) is 0 Å². The third-order valence-corrected chi connectivity index (χ3v) is 3.38. The van der Waals surface area contributed by atoms with Gasteiger partial charge in [-0.1, -0.05) is 12.8 Å². The fourth-order valence-corrected chi connectivity index (χ4v) is 2.60. The Bertz CT molecular complexity index is 463. The zero-order chi connectivity index (χ0) is 11.1. The lowest BCUT2D eigenvalue weighted by Crippen LogP contribution is -2.33. The molecular weight excluding hydrogens is 206 g/mol. The van der Waals surface area contributed by atoms with Gasteiger partial charge in [0.2, 0.25) is 5.95 Å². The first-order chi connectivity index (χ1) is 7.75. The molecule has 4 N–H and O–H groups in total.